The predicted octanol–water partition coefficient (Wildman–Crippen LogP) is 2.00. The zero-order chi connectivity index (χ0) is 10.6. The summed E-state index contributed by atoms with van der Waals surface area (Å²) in [5.74, 6) is -0.558. The van der Waals surface area contributed by atoms with Gasteiger partial charge in [-0.05, 0) is 17.7 Å². The van der Waals surface area contributed by atoms with Gasteiger partial charge in [-0.3, -0.25) is 0 Å². The van der Waals surface area contributed by atoms with E-state index in [1.165, 1.54) is 25.3 Å². The average molecular weight is 192 g/mol. The van der Waals surface area contributed by atoms with E-state index in [0.29, 0.717) is 5.69 Å². The number of benzene rings is 1. The van der Waals surface area contributed by atoms with E-state index >= 15 is 0 Å². The Bertz CT molecular complexity index is 410. The third-order valence-electron chi connectivity index (χ3n) is 1.60. The number of rotatable bonds is 2. The summed E-state index contributed by atoms with van der Waals surface area (Å²) in [6, 6.07) is 4.37. The molecule has 72 valence electrons. The van der Waals surface area contributed by atoms with E-state index in [-0.39, 0.29) is 11.3 Å². The third kappa shape index (κ3) is 1.94. The summed E-state index contributed by atoms with van der Waals surface area (Å²) in [5.41, 5.74) is 14.5. The number of nitrogen functional groups attached to an aromatic ring is 1. The van der Waals surface area contributed by atoms with Crippen LogP contribution < -0.4 is 5.73 Å². The Morgan fingerprint density at radius 3 is 2.93 bits per heavy atom. The topological polar surface area (TPSA) is 101 Å². The van der Waals surface area contributed by atoms with Crippen molar-refractivity contribution in [2.45, 2.75) is 0 Å². The zero-order valence-electron chi connectivity index (χ0n) is 7.47. The first kappa shape index (κ1) is 9.88. The fraction of sp³-hybridized carbons (Fsp3) is 0.125. The Hall–Kier alpha value is -2.20. The molecule has 0 aliphatic carbocycles. The molecule has 0 atom stereocenters. The molecule has 0 heterocycles. The van der Waals surface area contributed by atoms with Crippen molar-refractivity contribution in [2.75, 3.05) is 12.8 Å². The van der Waals surface area contributed by atoms with Crippen LogP contribution >= 0.6 is 0 Å². The number of carbonyl (C=O) groups is 1. The number of hydrogen-bond donors (Lipinski definition) is 1. The van der Waals surface area contributed by atoms with Crippen LogP contribution in [0.5, 0.6) is 0 Å². The van der Waals surface area contributed by atoms with Gasteiger partial charge in [-0.25, -0.2) is 4.79 Å². The maximum Gasteiger partial charge on any atom is 0.339 e. The van der Waals surface area contributed by atoms with Crippen molar-refractivity contribution in [3.8, 4) is 0 Å². The predicted molar refractivity (Wildman–Crippen MR) is 51.0 cm³/mol. The van der Waals surface area contributed by atoms with Gasteiger partial charge in [0.2, 0.25) is 0 Å². The summed E-state index contributed by atoms with van der Waals surface area (Å²) in [7, 11) is 1.25. The van der Waals surface area contributed by atoms with Gasteiger partial charge in [0.25, 0.3) is 0 Å². The van der Waals surface area contributed by atoms with Crippen molar-refractivity contribution >= 4 is 17.3 Å². The number of carbonyl (C=O) groups excluding carboxylic acids is 1. The molecule has 0 fully saturated rings. The fourth-order valence-corrected chi connectivity index (χ4v) is 0.945. The molecule has 0 saturated heterocycles. The minimum absolute atomic E-state index is 0.192. The molecule has 14 heavy (non-hydrogen) atoms. The zero-order valence-corrected chi connectivity index (χ0v) is 7.47. The Morgan fingerprint density at radius 1 is 1.64 bits per heavy atom. The lowest BCUT2D eigenvalue weighted by atomic mass is 10.1. The van der Waals surface area contributed by atoms with Gasteiger partial charge < -0.3 is 10.5 Å². The van der Waals surface area contributed by atoms with Gasteiger partial charge in [0.15, 0.2) is 0 Å². The standard InChI is InChI=1S/C8H8N4O2/c1-14-8(13)6-4-5(11-12-10)2-3-7(6)9/h2-4H,9H2,1H3. The molecule has 2 N–H and O–H groups in total. The van der Waals surface area contributed by atoms with Crippen LogP contribution in [0.4, 0.5) is 11.4 Å². The highest BCUT2D eigenvalue weighted by Crippen LogP contribution is 2.20. The first-order valence-corrected chi connectivity index (χ1v) is 3.72. The molecular formula is C8H8N4O2. The molecule has 0 aliphatic heterocycles. The van der Waals surface area contributed by atoms with Crippen molar-refractivity contribution in [3.05, 3.63) is 34.2 Å². The third-order valence-corrected chi connectivity index (χ3v) is 1.60. The quantitative estimate of drug-likeness (QED) is 0.255. The van der Waals surface area contributed by atoms with Crippen molar-refractivity contribution in [3.63, 3.8) is 0 Å². The van der Waals surface area contributed by atoms with Crippen LogP contribution in [0.1, 0.15) is 10.4 Å². The number of anilines is 1. The molecule has 0 amide bonds. The Kier molecular flexibility index (Phi) is 2.93. The highest BCUT2D eigenvalue weighted by molar-refractivity contribution is 5.95. The normalized spacial score (nSPS) is 8.93. The lowest BCUT2D eigenvalue weighted by Gasteiger charge is -2.03. The van der Waals surface area contributed by atoms with Crippen LogP contribution in [-0.4, -0.2) is 13.1 Å². The van der Waals surface area contributed by atoms with Crippen LogP contribution in [0.25, 0.3) is 10.4 Å². The molecule has 1 rings (SSSR count). The number of nitrogens with two attached hydrogens (primary N) is 1. The van der Waals surface area contributed by atoms with E-state index in [1.807, 2.05) is 0 Å². The molecule has 0 bridgehead atoms. The Labute approximate surface area is 79.9 Å². The minimum Gasteiger partial charge on any atom is -0.465 e. The van der Waals surface area contributed by atoms with Crippen molar-refractivity contribution in [2.24, 2.45) is 5.11 Å². The summed E-state index contributed by atoms with van der Waals surface area (Å²) in [5, 5.41) is 3.34. The van der Waals surface area contributed by atoms with Crippen LogP contribution in [0.15, 0.2) is 23.3 Å². The van der Waals surface area contributed by atoms with Crippen LogP contribution in [0.2, 0.25) is 0 Å². The summed E-state index contributed by atoms with van der Waals surface area (Å²) in [6.45, 7) is 0. The van der Waals surface area contributed by atoms with Crippen molar-refractivity contribution in [1.29, 1.82) is 0 Å². The molecule has 0 aromatic heterocycles. The lowest BCUT2D eigenvalue weighted by molar-refractivity contribution is 0.0602. The second-order valence-electron chi connectivity index (χ2n) is 2.45. The smallest absolute Gasteiger partial charge is 0.339 e. The van der Waals surface area contributed by atoms with Gasteiger partial charge in [-0.15, -0.1) is 0 Å². The maximum atomic E-state index is 11.2. The summed E-state index contributed by atoms with van der Waals surface area (Å²) in [6.07, 6.45) is 0. The summed E-state index contributed by atoms with van der Waals surface area (Å²) in [4.78, 5) is 13.7. The van der Waals surface area contributed by atoms with Gasteiger partial charge in [0, 0.05) is 16.3 Å². The van der Waals surface area contributed by atoms with Crippen molar-refractivity contribution < 1.29 is 9.53 Å². The van der Waals surface area contributed by atoms with E-state index in [0.717, 1.165) is 0 Å². The lowest BCUT2D eigenvalue weighted by Crippen LogP contribution is -2.04. The largest absolute Gasteiger partial charge is 0.465 e. The highest BCUT2D eigenvalue weighted by Gasteiger charge is 2.09. The molecular weight excluding hydrogens is 184 g/mol. The highest BCUT2D eigenvalue weighted by atomic mass is 16.5. The summed E-state index contributed by atoms with van der Waals surface area (Å²) < 4.78 is 4.50. The molecule has 1 aromatic rings. The molecule has 6 heteroatoms. The van der Waals surface area contributed by atoms with Gasteiger partial charge in [-0.2, -0.15) is 0 Å². The monoisotopic (exact) mass is 192 g/mol. The fourth-order valence-electron chi connectivity index (χ4n) is 0.945. The molecule has 6 nitrogen and oxygen atoms in total. The van der Waals surface area contributed by atoms with E-state index < -0.39 is 5.97 Å². The number of esters is 1. The average Bonchev–Trinajstić information content (AvgIpc) is 2.20. The Balaban J connectivity index is 3.20. The molecule has 0 aliphatic rings. The maximum absolute atomic E-state index is 11.2. The van der Waals surface area contributed by atoms with Crippen molar-refractivity contribution in [1.82, 2.24) is 0 Å². The Morgan fingerprint density at radius 2 is 2.36 bits per heavy atom. The molecule has 0 radical (unpaired) electrons. The van der Waals surface area contributed by atoms with Crippen LogP contribution in [0.3, 0.4) is 0 Å². The number of ether oxygens (including phenoxy) is 1. The molecule has 0 saturated carbocycles. The summed E-state index contributed by atoms with van der Waals surface area (Å²) >= 11 is 0. The van der Waals surface area contributed by atoms with Crippen LogP contribution in [-0.2, 0) is 4.74 Å². The van der Waals surface area contributed by atoms with Crippen LogP contribution in [0, 0.1) is 0 Å². The van der Waals surface area contributed by atoms with E-state index in [9.17, 15) is 4.79 Å². The first-order chi connectivity index (χ1) is 6.69. The van der Waals surface area contributed by atoms with E-state index in [2.05, 4.69) is 14.8 Å². The molecule has 1 aromatic carbocycles. The second-order valence-corrected chi connectivity index (χ2v) is 2.45. The number of nitrogens with zero attached hydrogens (tertiary/aromatic N) is 3. The van der Waals surface area contributed by atoms with E-state index in [4.69, 9.17) is 11.3 Å². The number of hydrogen-bond acceptors (Lipinski definition) is 4. The van der Waals surface area contributed by atoms with Gasteiger partial charge >= 0.3 is 5.97 Å². The van der Waals surface area contributed by atoms with Gasteiger partial charge in [-0.1, -0.05) is 11.2 Å². The number of methoxy groups -OCH3 is 1. The first-order valence-electron chi connectivity index (χ1n) is 3.72. The number of azide groups is 1. The van der Waals surface area contributed by atoms with E-state index in [1.54, 1.807) is 0 Å². The second kappa shape index (κ2) is 4.15. The van der Waals surface area contributed by atoms with Gasteiger partial charge in [0.05, 0.1) is 12.7 Å². The molecule has 0 unspecified atom stereocenters. The molecule has 0 spiro atoms. The van der Waals surface area contributed by atoms with Gasteiger partial charge in [0.1, 0.15) is 0 Å². The minimum atomic E-state index is -0.558. The SMILES string of the molecule is COC(=O)c1cc(N=[N+]=[N-])ccc1N.